The van der Waals surface area contributed by atoms with Crippen molar-refractivity contribution in [2.24, 2.45) is 0 Å². The van der Waals surface area contributed by atoms with Gasteiger partial charge in [-0.25, -0.2) is 0 Å². The van der Waals surface area contributed by atoms with Crippen molar-refractivity contribution in [3.05, 3.63) is 11.8 Å². The number of amides is 1. The van der Waals surface area contributed by atoms with E-state index in [0.717, 1.165) is 13.1 Å². The third kappa shape index (κ3) is 3.59. The predicted octanol–water partition coefficient (Wildman–Crippen LogP) is -0.327. The third-order valence-corrected chi connectivity index (χ3v) is 2.16. The summed E-state index contributed by atoms with van der Waals surface area (Å²) in [5.41, 5.74) is 5.78. The van der Waals surface area contributed by atoms with Crippen molar-refractivity contribution in [2.45, 2.75) is 6.92 Å². The summed E-state index contributed by atoms with van der Waals surface area (Å²) < 4.78 is 0. The lowest BCUT2D eigenvalue weighted by atomic mass is 10.4. The molecule has 0 atom stereocenters. The lowest BCUT2D eigenvalue weighted by Crippen LogP contribution is -2.33. The van der Waals surface area contributed by atoms with Crippen molar-refractivity contribution in [2.75, 3.05) is 32.4 Å². The molecule has 0 saturated heterocycles. The van der Waals surface area contributed by atoms with Gasteiger partial charge >= 0.3 is 0 Å². The van der Waals surface area contributed by atoms with Crippen molar-refractivity contribution in [3.8, 4) is 0 Å². The molecule has 0 saturated carbocycles. The van der Waals surface area contributed by atoms with E-state index in [9.17, 15) is 4.79 Å². The van der Waals surface area contributed by atoms with Crippen LogP contribution in [-0.2, 0) is 0 Å². The molecule has 1 aromatic rings. The second-order valence-corrected chi connectivity index (χ2v) is 3.36. The highest BCUT2D eigenvalue weighted by Gasteiger charge is 2.07. The Morgan fingerprint density at radius 3 is 3.00 bits per heavy atom. The summed E-state index contributed by atoms with van der Waals surface area (Å²) >= 11 is 0. The molecule has 0 aliphatic carbocycles. The second kappa shape index (κ2) is 5.35. The second-order valence-electron chi connectivity index (χ2n) is 3.36. The van der Waals surface area contributed by atoms with Gasteiger partial charge in [0, 0.05) is 19.2 Å². The molecule has 1 aromatic heterocycles. The van der Waals surface area contributed by atoms with E-state index in [0.29, 0.717) is 18.1 Å². The van der Waals surface area contributed by atoms with Gasteiger partial charge < -0.3 is 16.0 Å². The van der Waals surface area contributed by atoms with E-state index >= 15 is 0 Å². The van der Waals surface area contributed by atoms with Gasteiger partial charge in [0.2, 0.25) is 0 Å². The zero-order chi connectivity index (χ0) is 11.3. The van der Waals surface area contributed by atoms with Gasteiger partial charge in [-0.15, -0.1) is 0 Å². The smallest absolute Gasteiger partial charge is 0.269 e. The number of H-pyrrole nitrogens is 1. The SMILES string of the molecule is CCN(C)CCNC(=O)c1cc(N)n[nH]1. The molecule has 15 heavy (non-hydrogen) atoms. The summed E-state index contributed by atoms with van der Waals surface area (Å²) in [7, 11) is 2.00. The van der Waals surface area contributed by atoms with E-state index in [1.54, 1.807) is 0 Å². The fourth-order valence-electron chi connectivity index (χ4n) is 1.07. The van der Waals surface area contributed by atoms with Crippen LogP contribution >= 0.6 is 0 Å². The Kier molecular flexibility index (Phi) is 4.11. The van der Waals surface area contributed by atoms with Crippen LogP contribution in [0.5, 0.6) is 0 Å². The van der Waals surface area contributed by atoms with Gasteiger partial charge in [-0.3, -0.25) is 9.89 Å². The quantitative estimate of drug-likeness (QED) is 0.622. The average Bonchev–Trinajstić information content (AvgIpc) is 2.64. The summed E-state index contributed by atoms with van der Waals surface area (Å²) in [4.78, 5) is 13.6. The highest BCUT2D eigenvalue weighted by Crippen LogP contribution is 1.99. The maximum atomic E-state index is 11.5. The Labute approximate surface area is 88.8 Å². The average molecular weight is 211 g/mol. The third-order valence-electron chi connectivity index (χ3n) is 2.16. The van der Waals surface area contributed by atoms with Crippen molar-refractivity contribution in [1.29, 1.82) is 0 Å². The number of carbonyl (C=O) groups is 1. The number of carbonyl (C=O) groups excluding carboxylic acids is 1. The number of nitrogens with two attached hydrogens (primary N) is 1. The first kappa shape index (κ1) is 11.5. The Balaban J connectivity index is 2.31. The van der Waals surface area contributed by atoms with Gasteiger partial charge in [-0.1, -0.05) is 6.92 Å². The van der Waals surface area contributed by atoms with Crippen LogP contribution in [0.15, 0.2) is 6.07 Å². The van der Waals surface area contributed by atoms with Gasteiger partial charge in [0.05, 0.1) is 0 Å². The molecule has 0 spiro atoms. The first-order valence-electron chi connectivity index (χ1n) is 4.91. The monoisotopic (exact) mass is 211 g/mol. The van der Waals surface area contributed by atoms with Crippen LogP contribution in [0, 0.1) is 0 Å². The summed E-state index contributed by atoms with van der Waals surface area (Å²) in [5.74, 6) is 0.148. The summed E-state index contributed by atoms with van der Waals surface area (Å²) in [6.07, 6.45) is 0. The van der Waals surface area contributed by atoms with Crippen LogP contribution in [0.1, 0.15) is 17.4 Å². The van der Waals surface area contributed by atoms with E-state index < -0.39 is 0 Å². The zero-order valence-electron chi connectivity index (χ0n) is 9.08. The number of nitrogens with one attached hydrogen (secondary N) is 2. The number of aromatic amines is 1. The van der Waals surface area contributed by atoms with Crippen LogP contribution in [0.25, 0.3) is 0 Å². The largest absolute Gasteiger partial charge is 0.382 e. The van der Waals surface area contributed by atoms with Crippen molar-refractivity contribution in [3.63, 3.8) is 0 Å². The van der Waals surface area contributed by atoms with Gasteiger partial charge in [0.15, 0.2) is 0 Å². The van der Waals surface area contributed by atoms with Crippen LogP contribution < -0.4 is 11.1 Å². The van der Waals surface area contributed by atoms with Crippen LogP contribution in [0.4, 0.5) is 5.82 Å². The molecule has 0 aromatic carbocycles. The summed E-state index contributed by atoms with van der Waals surface area (Å²) in [6.45, 7) is 4.47. The minimum absolute atomic E-state index is 0.177. The number of aromatic nitrogens is 2. The molecule has 1 heterocycles. The Bertz CT molecular complexity index is 322. The van der Waals surface area contributed by atoms with Crippen molar-refractivity contribution >= 4 is 11.7 Å². The highest BCUT2D eigenvalue weighted by atomic mass is 16.1. The molecular formula is C9H17N5O. The van der Waals surface area contributed by atoms with E-state index in [1.807, 2.05) is 7.05 Å². The normalized spacial score (nSPS) is 10.6. The molecule has 1 rings (SSSR count). The van der Waals surface area contributed by atoms with Crippen LogP contribution in [0.2, 0.25) is 0 Å². The molecule has 1 amide bonds. The van der Waals surface area contributed by atoms with Gasteiger partial charge in [-0.05, 0) is 13.6 Å². The van der Waals surface area contributed by atoms with Crippen LogP contribution in [-0.4, -0.2) is 47.7 Å². The lowest BCUT2D eigenvalue weighted by molar-refractivity contribution is 0.0945. The number of hydrogen-bond donors (Lipinski definition) is 3. The number of likely N-dealkylation sites (N-methyl/N-ethyl adjacent to an activating group) is 1. The van der Waals surface area contributed by atoms with E-state index in [4.69, 9.17) is 5.73 Å². The molecule has 0 fully saturated rings. The minimum atomic E-state index is -0.177. The standard InChI is InChI=1S/C9H17N5O/c1-3-14(2)5-4-11-9(15)7-6-8(10)13-12-7/h6H,3-5H2,1-2H3,(H,11,15)(H3,10,12,13). The molecule has 0 aliphatic heterocycles. The van der Waals surface area contributed by atoms with Crippen LogP contribution in [0.3, 0.4) is 0 Å². The molecular weight excluding hydrogens is 194 g/mol. The minimum Gasteiger partial charge on any atom is -0.382 e. The summed E-state index contributed by atoms with van der Waals surface area (Å²) in [5, 5.41) is 9.01. The number of rotatable bonds is 5. The molecule has 0 radical (unpaired) electrons. The lowest BCUT2D eigenvalue weighted by Gasteiger charge is -2.13. The van der Waals surface area contributed by atoms with Gasteiger partial charge in [0.1, 0.15) is 11.5 Å². The first-order chi connectivity index (χ1) is 7.13. The molecule has 6 heteroatoms. The van der Waals surface area contributed by atoms with Crippen molar-refractivity contribution < 1.29 is 4.79 Å². The van der Waals surface area contributed by atoms with Crippen molar-refractivity contribution in [1.82, 2.24) is 20.4 Å². The van der Waals surface area contributed by atoms with E-state index in [1.165, 1.54) is 6.07 Å². The molecule has 4 N–H and O–H groups in total. The number of hydrogen-bond acceptors (Lipinski definition) is 4. The Morgan fingerprint density at radius 1 is 1.73 bits per heavy atom. The number of nitrogens with zero attached hydrogens (tertiary/aromatic N) is 2. The predicted molar refractivity (Wildman–Crippen MR) is 58.5 cm³/mol. The highest BCUT2D eigenvalue weighted by molar-refractivity contribution is 5.92. The van der Waals surface area contributed by atoms with Gasteiger partial charge in [0.25, 0.3) is 5.91 Å². The summed E-state index contributed by atoms with van der Waals surface area (Å²) in [6, 6.07) is 1.51. The Hall–Kier alpha value is -1.56. The molecule has 0 unspecified atom stereocenters. The Morgan fingerprint density at radius 2 is 2.47 bits per heavy atom. The maximum absolute atomic E-state index is 11.5. The molecule has 0 aliphatic rings. The molecule has 6 nitrogen and oxygen atoms in total. The zero-order valence-corrected chi connectivity index (χ0v) is 9.08. The fourth-order valence-corrected chi connectivity index (χ4v) is 1.07. The molecule has 84 valence electrons. The molecule has 0 bridgehead atoms. The number of nitrogen functional groups attached to an aromatic ring is 1. The number of anilines is 1. The topological polar surface area (TPSA) is 87.0 Å². The van der Waals surface area contributed by atoms with E-state index in [2.05, 4.69) is 27.3 Å². The van der Waals surface area contributed by atoms with E-state index in [-0.39, 0.29) is 5.91 Å². The van der Waals surface area contributed by atoms with Gasteiger partial charge in [-0.2, -0.15) is 5.10 Å². The first-order valence-corrected chi connectivity index (χ1v) is 4.91. The maximum Gasteiger partial charge on any atom is 0.269 e. The fraction of sp³-hybridized carbons (Fsp3) is 0.556.